The minimum atomic E-state index is 0.857. The minimum absolute atomic E-state index is 0.857. The van der Waals surface area contributed by atoms with E-state index in [4.69, 9.17) is 0 Å². The first-order valence-electron chi connectivity index (χ1n) is 5.67. The van der Waals surface area contributed by atoms with E-state index < -0.39 is 0 Å². The highest BCUT2D eigenvalue weighted by atomic mass is 32.1. The van der Waals surface area contributed by atoms with Crippen LogP contribution in [-0.4, -0.2) is 4.98 Å². The second-order valence-electron chi connectivity index (χ2n) is 4.03. The van der Waals surface area contributed by atoms with Crippen LogP contribution in [-0.2, 0) is 6.42 Å². The highest BCUT2D eigenvalue weighted by Crippen LogP contribution is 2.21. The largest absolute Gasteiger partial charge is 0.247 e. The molecule has 1 aromatic rings. The van der Waals surface area contributed by atoms with Crippen LogP contribution in [0.5, 0.6) is 0 Å². The molecule has 0 fully saturated rings. The summed E-state index contributed by atoms with van der Waals surface area (Å²) < 4.78 is 0. The third kappa shape index (κ3) is 3.79. The van der Waals surface area contributed by atoms with E-state index in [0.29, 0.717) is 0 Å². The van der Waals surface area contributed by atoms with E-state index in [9.17, 15) is 0 Å². The molecular weight excluding hydrogens is 190 g/mol. The van der Waals surface area contributed by atoms with Crippen molar-refractivity contribution < 1.29 is 0 Å². The molecule has 0 aliphatic rings. The first kappa shape index (κ1) is 11.7. The molecule has 1 heterocycles. The van der Waals surface area contributed by atoms with E-state index in [-0.39, 0.29) is 0 Å². The maximum absolute atomic E-state index is 4.53. The minimum Gasteiger partial charge on any atom is -0.247 e. The standard InChI is InChI=1S/C12H21NS/c1-4-6-11(7-5-2)8-12-13-10(3)9-14-12/h9,11H,4-8H2,1-3H3. The van der Waals surface area contributed by atoms with Crippen molar-refractivity contribution in [2.45, 2.75) is 52.9 Å². The first-order chi connectivity index (χ1) is 6.76. The van der Waals surface area contributed by atoms with Crippen LogP contribution in [0.4, 0.5) is 0 Å². The molecule has 0 unspecified atom stereocenters. The van der Waals surface area contributed by atoms with Gasteiger partial charge >= 0.3 is 0 Å². The SMILES string of the molecule is CCCC(CCC)Cc1nc(C)cs1. The zero-order valence-corrected chi connectivity index (χ0v) is 10.4. The van der Waals surface area contributed by atoms with Crippen molar-refractivity contribution in [1.29, 1.82) is 0 Å². The smallest absolute Gasteiger partial charge is 0.0930 e. The molecular formula is C12H21NS. The number of rotatable bonds is 6. The fourth-order valence-electron chi connectivity index (χ4n) is 1.91. The molecule has 0 aliphatic heterocycles. The molecule has 0 bridgehead atoms. The van der Waals surface area contributed by atoms with Crippen LogP contribution < -0.4 is 0 Å². The molecule has 0 amide bonds. The fraction of sp³-hybridized carbons (Fsp3) is 0.750. The highest BCUT2D eigenvalue weighted by Gasteiger charge is 2.09. The zero-order valence-electron chi connectivity index (χ0n) is 9.55. The Hall–Kier alpha value is -0.370. The van der Waals surface area contributed by atoms with E-state index in [1.165, 1.54) is 42.8 Å². The summed E-state index contributed by atoms with van der Waals surface area (Å²) in [5.74, 6) is 0.857. The molecule has 2 heteroatoms. The fourth-order valence-corrected chi connectivity index (χ4v) is 2.80. The molecule has 0 saturated carbocycles. The van der Waals surface area contributed by atoms with Gasteiger partial charge in [-0.3, -0.25) is 0 Å². The summed E-state index contributed by atoms with van der Waals surface area (Å²) in [5.41, 5.74) is 1.18. The topological polar surface area (TPSA) is 12.9 Å². The summed E-state index contributed by atoms with van der Waals surface area (Å²) in [6.07, 6.45) is 6.50. The van der Waals surface area contributed by atoms with Gasteiger partial charge in [0.15, 0.2) is 0 Å². The molecule has 0 atom stereocenters. The summed E-state index contributed by atoms with van der Waals surface area (Å²) in [7, 11) is 0. The summed E-state index contributed by atoms with van der Waals surface area (Å²) >= 11 is 1.82. The Morgan fingerprint density at radius 3 is 2.36 bits per heavy atom. The van der Waals surface area contributed by atoms with Crippen molar-refractivity contribution >= 4 is 11.3 Å². The number of hydrogen-bond donors (Lipinski definition) is 0. The number of hydrogen-bond acceptors (Lipinski definition) is 2. The van der Waals surface area contributed by atoms with E-state index in [2.05, 4.69) is 31.1 Å². The van der Waals surface area contributed by atoms with Gasteiger partial charge < -0.3 is 0 Å². The van der Waals surface area contributed by atoms with E-state index in [1.807, 2.05) is 11.3 Å². The van der Waals surface area contributed by atoms with Gasteiger partial charge in [-0.15, -0.1) is 11.3 Å². The van der Waals surface area contributed by atoms with Gasteiger partial charge in [-0.25, -0.2) is 4.98 Å². The van der Waals surface area contributed by atoms with Crippen LogP contribution in [0.2, 0.25) is 0 Å². The molecule has 0 N–H and O–H groups in total. The van der Waals surface area contributed by atoms with Gasteiger partial charge in [0.25, 0.3) is 0 Å². The van der Waals surface area contributed by atoms with Gasteiger partial charge in [-0.05, 0) is 12.8 Å². The van der Waals surface area contributed by atoms with E-state index in [1.54, 1.807) is 0 Å². The summed E-state index contributed by atoms with van der Waals surface area (Å²) in [6.45, 7) is 6.63. The third-order valence-electron chi connectivity index (χ3n) is 2.52. The van der Waals surface area contributed by atoms with Gasteiger partial charge in [0.2, 0.25) is 0 Å². The van der Waals surface area contributed by atoms with Gasteiger partial charge in [-0.1, -0.05) is 39.5 Å². The van der Waals surface area contributed by atoms with Crippen molar-refractivity contribution in [3.05, 3.63) is 16.1 Å². The van der Waals surface area contributed by atoms with Crippen LogP contribution in [0.25, 0.3) is 0 Å². The molecule has 0 radical (unpaired) electrons. The van der Waals surface area contributed by atoms with Crippen LogP contribution >= 0.6 is 11.3 Å². The molecule has 0 spiro atoms. The molecule has 0 saturated heterocycles. The summed E-state index contributed by atoms with van der Waals surface area (Å²) in [5, 5.41) is 3.49. The Labute approximate surface area is 91.6 Å². The molecule has 0 aromatic carbocycles. The maximum atomic E-state index is 4.53. The second kappa shape index (κ2) is 6.18. The number of nitrogens with zero attached hydrogens (tertiary/aromatic N) is 1. The Balaban J connectivity index is 2.46. The van der Waals surface area contributed by atoms with Crippen molar-refractivity contribution in [3.8, 4) is 0 Å². The van der Waals surface area contributed by atoms with Gasteiger partial charge in [0.05, 0.1) is 5.01 Å². The van der Waals surface area contributed by atoms with Gasteiger partial charge in [-0.2, -0.15) is 0 Å². The van der Waals surface area contributed by atoms with Gasteiger partial charge in [0.1, 0.15) is 0 Å². The Morgan fingerprint density at radius 2 is 1.93 bits per heavy atom. The van der Waals surface area contributed by atoms with Crippen LogP contribution in [0.3, 0.4) is 0 Å². The number of aryl methyl sites for hydroxylation is 1. The Bertz CT molecular complexity index is 249. The van der Waals surface area contributed by atoms with Crippen molar-refractivity contribution in [1.82, 2.24) is 4.98 Å². The second-order valence-corrected chi connectivity index (χ2v) is 4.97. The predicted molar refractivity (Wildman–Crippen MR) is 63.9 cm³/mol. The predicted octanol–water partition coefficient (Wildman–Crippen LogP) is 4.21. The van der Waals surface area contributed by atoms with Crippen LogP contribution in [0.15, 0.2) is 5.38 Å². The first-order valence-corrected chi connectivity index (χ1v) is 6.55. The number of thiazole rings is 1. The quantitative estimate of drug-likeness (QED) is 0.687. The molecule has 80 valence electrons. The van der Waals surface area contributed by atoms with Crippen molar-refractivity contribution in [2.75, 3.05) is 0 Å². The average Bonchev–Trinajstić information content (AvgIpc) is 2.52. The van der Waals surface area contributed by atoms with Crippen LogP contribution in [0, 0.1) is 12.8 Å². The van der Waals surface area contributed by atoms with Crippen molar-refractivity contribution in [2.24, 2.45) is 5.92 Å². The maximum Gasteiger partial charge on any atom is 0.0930 e. The Morgan fingerprint density at radius 1 is 1.29 bits per heavy atom. The van der Waals surface area contributed by atoms with Crippen LogP contribution in [0.1, 0.15) is 50.2 Å². The zero-order chi connectivity index (χ0) is 10.4. The lowest BCUT2D eigenvalue weighted by molar-refractivity contribution is 0.437. The van der Waals surface area contributed by atoms with E-state index >= 15 is 0 Å². The molecule has 1 aromatic heterocycles. The summed E-state index contributed by atoms with van der Waals surface area (Å²) in [6, 6.07) is 0. The highest BCUT2D eigenvalue weighted by molar-refractivity contribution is 7.09. The third-order valence-corrected chi connectivity index (χ3v) is 3.51. The molecule has 1 rings (SSSR count). The normalized spacial score (nSPS) is 11.1. The number of aromatic nitrogens is 1. The monoisotopic (exact) mass is 211 g/mol. The lowest BCUT2D eigenvalue weighted by Crippen LogP contribution is -2.03. The molecule has 1 nitrogen and oxygen atoms in total. The molecule has 0 aliphatic carbocycles. The lowest BCUT2D eigenvalue weighted by Gasteiger charge is -2.12. The summed E-state index contributed by atoms with van der Waals surface area (Å²) in [4.78, 5) is 4.53. The molecule has 14 heavy (non-hydrogen) atoms. The Kier molecular flexibility index (Phi) is 5.16. The average molecular weight is 211 g/mol. The van der Waals surface area contributed by atoms with E-state index in [0.717, 1.165) is 5.92 Å². The van der Waals surface area contributed by atoms with Gasteiger partial charge in [0, 0.05) is 17.5 Å². The van der Waals surface area contributed by atoms with Crippen molar-refractivity contribution in [3.63, 3.8) is 0 Å². The lowest BCUT2D eigenvalue weighted by atomic mass is 9.95.